The van der Waals surface area contributed by atoms with Crippen LogP contribution in [0.15, 0.2) is 36.8 Å². The minimum atomic E-state index is -0.534. The number of aryl methyl sites for hydroxylation is 1. The van der Waals surface area contributed by atoms with Crippen molar-refractivity contribution < 1.29 is 4.92 Å². The standard InChI is InChI=1S/C14H12ClN5O2/c1-9-3-2-4-19-8-10(18-14(9)19)6-16-13-12(15)5-11(7-17-13)20(21)22/h2-5,7-8H,6H2,1H3,(H,16,17). The van der Waals surface area contributed by atoms with Crippen molar-refractivity contribution in [3.8, 4) is 0 Å². The highest BCUT2D eigenvalue weighted by molar-refractivity contribution is 6.33. The second-order valence-electron chi connectivity index (χ2n) is 4.79. The molecule has 0 radical (unpaired) electrons. The van der Waals surface area contributed by atoms with Crippen molar-refractivity contribution in [1.29, 1.82) is 0 Å². The molecule has 0 aliphatic carbocycles. The maximum atomic E-state index is 10.6. The molecule has 0 spiro atoms. The summed E-state index contributed by atoms with van der Waals surface area (Å²) in [5, 5.41) is 13.9. The zero-order valence-corrected chi connectivity index (χ0v) is 12.4. The van der Waals surface area contributed by atoms with E-state index < -0.39 is 4.92 Å². The predicted molar refractivity (Wildman–Crippen MR) is 83.2 cm³/mol. The average molecular weight is 318 g/mol. The van der Waals surface area contributed by atoms with Gasteiger partial charge in [-0.3, -0.25) is 10.1 Å². The number of nitrogens with zero attached hydrogens (tertiary/aromatic N) is 4. The second kappa shape index (κ2) is 5.61. The van der Waals surface area contributed by atoms with Crippen LogP contribution in [0, 0.1) is 17.0 Å². The molecule has 3 aromatic rings. The van der Waals surface area contributed by atoms with Gasteiger partial charge in [0.15, 0.2) is 0 Å². The average Bonchev–Trinajstić information content (AvgIpc) is 2.90. The fourth-order valence-electron chi connectivity index (χ4n) is 2.12. The molecule has 0 atom stereocenters. The number of imidazole rings is 1. The predicted octanol–water partition coefficient (Wildman–Crippen LogP) is 3.21. The summed E-state index contributed by atoms with van der Waals surface area (Å²) in [5.41, 5.74) is 2.66. The molecule has 7 nitrogen and oxygen atoms in total. The molecular weight excluding hydrogens is 306 g/mol. The first kappa shape index (κ1) is 14.3. The molecule has 0 fully saturated rings. The number of pyridine rings is 2. The van der Waals surface area contributed by atoms with Gasteiger partial charge in [-0.2, -0.15) is 0 Å². The summed E-state index contributed by atoms with van der Waals surface area (Å²) in [7, 11) is 0. The van der Waals surface area contributed by atoms with E-state index in [1.54, 1.807) is 0 Å². The number of anilines is 1. The molecule has 8 heteroatoms. The summed E-state index contributed by atoms with van der Waals surface area (Å²) >= 11 is 5.99. The molecule has 3 aromatic heterocycles. The summed E-state index contributed by atoms with van der Waals surface area (Å²) < 4.78 is 1.94. The number of hydrogen-bond donors (Lipinski definition) is 1. The molecule has 3 rings (SSSR count). The number of nitro groups is 1. The highest BCUT2D eigenvalue weighted by Gasteiger charge is 2.11. The van der Waals surface area contributed by atoms with Crippen molar-refractivity contribution in [2.75, 3.05) is 5.32 Å². The van der Waals surface area contributed by atoms with Gasteiger partial charge in [0.25, 0.3) is 5.69 Å². The van der Waals surface area contributed by atoms with E-state index in [0.717, 1.165) is 16.9 Å². The third kappa shape index (κ3) is 2.71. The topological polar surface area (TPSA) is 85.4 Å². The molecule has 0 amide bonds. The highest BCUT2D eigenvalue weighted by Crippen LogP contribution is 2.24. The fraction of sp³-hybridized carbons (Fsp3) is 0.143. The van der Waals surface area contributed by atoms with Gasteiger partial charge in [-0.25, -0.2) is 9.97 Å². The molecule has 0 saturated carbocycles. The summed E-state index contributed by atoms with van der Waals surface area (Å²) in [6, 6.07) is 5.22. The first-order chi connectivity index (χ1) is 10.5. The van der Waals surface area contributed by atoms with Gasteiger partial charge in [0.05, 0.1) is 22.2 Å². The summed E-state index contributed by atoms with van der Waals surface area (Å²) in [4.78, 5) is 18.6. The lowest BCUT2D eigenvalue weighted by atomic mass is 10.3. The van der Waals surface area contributed by atoms with E-state index in [1.165, 1.54) is 12.3 Å². The van der Waals surface area contributed by atoms with E-state index in [4.69, 9.17) is 11.6 Å². The molecule has 0 aliphatic heterocycles. The van der Waals surface area contributed by atoms with Crippen LogP contribution < -0.4 is 5.32 Å². The quantitative estimate of drug-likeness (QED) is 0.590. The van der Waals surface area contributed by atoms with Crippen LogP contribution in [0.3, 0.4) is 0 Å². The van der Waals surface area contributed by atoms with Gasteiger partial charge in [-0.1, -0.05) is 17.7 Å². The van der Waals surface area contributed by atoms with Crippen LogP contribution >= 0.6 is 11.6 Å². The Morgan fingerprint density at radius 3 is 3.00 bits per heavy atom. The lowest BCUT2D eigenvalue weighted by molar-refractivity contribution is -0.385. The molecule has 1 N–H and O–H groups in total. The van der Waals surface area contributed by atoms with Crippen LogP contribution in [-0.4, -0.2) is 19.3 Å². The second-order valence-corrected chi connectivity index (χ2v) is 5.20. The van der Waals surface area contributed by atoms with Crippen molar-refractivity contribution in [1.82, 2.24) is 14.4 Å². The summed E-state index contributed by atoms with van der Waals surface area (Å²) in [6.07, 6.45) is 5.01. The third-order valence-corrected chi connectivity index (χ3v) is 3.49. The Kier molecular flexibility index (Phi) is 3.64. The number of hydrogen-bond acceptors (Lipinski definition) is 5. The largest absolute Gasteiger partial charge is 0.363 e. The number of rotatable bonds is 4. The van der Waals surface area contributed by atoms with Crippen molar-refractivity contribution in [2.45, 2.75) is 13.5 Å². The third-order valence-electron chi connectivity index (χ3n) is 3.20. The Balaban J connectivity index is 1.79. The molecule has 0 unspecified atom stereocenters. The van der Waals surface area contributed by atoms with Gasteiger partial charge in [0, 0.05) is 18.5 Å². The van der Waals surface area contributed by atoms with Gasteiger partial charge >= 0.3 is 0 Å². The zero-order chi connectivity index (χ0) is 15.7. The molecule has 3 heterocycles. The lowest BCUT2D eigenvalue weighted by Crippen LogP contribution is -2.03. The van der Waals surface area contributed by atoms with E-state index in [0.29, 0.717) is 12.4 Å². The van der Waals surface area contributed by atoms with Crippen LogP contribution in [0.1, 0.15) is 11.3 Å². The van der Waals surface area contributed by atoms with Crippen molar-refractivity contribution in [3.05, 3.63) is 63.2 Å². The van der Waals surface area contributed by atoms with Gasteiger partial charge in [-0.15, -0.1) is 0 Å². The van der Waals surface area contributed by atoms with E-state index >= 15 is 0 Å². The number of fused-ring (bicyclic) bond motifs is 1. The molecule has 0 aromatic carbocycles. The Hall–Kier alpha value is -2.67. The van der Waals surface area contributed by atoms with Crippen LogP contribution in [0.5, 0.6) is 0 Å². The van der Waals surface area contributed by atoms with Crippen LogP contribution in [-0.2, 0) is 6.54 Å². The molecule has 0 bridgehead atoms. The maximum Gasteiger partial charge on any atom is 0.289 e. The summed E-state index contributed by atoms with van der Waals surface area (Å²) in [6.45, 7) is 2.42. The fourth-order valence-corrected chi connectivity index (χ4v) is 2.35. The van der Waals surface area contributed by atoms with Crippen molar-refractivity contribution in [3.63, 3.8) is 0 Å². The number of aromatic nitrogens is 3. The Labute approximate surface area is 130 Å². The van der Waals surface area contributed by atoms with Crippen LogP contribution in [0.2, 0.25) is 5.02 Å². The minimum Gasteiger partial charge on any atom is -0.363 e. The smallest absolute Gasteiger partial charge is 0.289 e. The zero-order valence-electron chi connectivity index (χ0n) is 11.7. The maximum absolute atomic E-state index is 10.6. The minimum absolute atomic E-state index is 0.140. The number of nitrogens with one attached hydrogen (secondary N) is 1. The van der Waals surface area contributed by atoms with E-state index in [-0.39, 0.29) is 10.7 Å². The van der Waals surface area contributed by atoms with E-state index in [9.17, 15) is 10.1 Å². The van der Waals surface area contributed by atoms with Crippen molar-refractivity contribution in [2.24, 2.45) is 0 Å². The first-order valence-electron chi connectivity index (χ1n) is 6.51. The van der Waals surface area contributed by atoms with Gasteiger partial charge < -0.3 is 9.72 Å². The number of halogens is 1. The van der Waals surface area contributed by atoms with Gasteiger partial charge in [-0.05, 0) is 18.6 Å². The first-order valence-corrected chi connectivity index (χ1v) is 6.89. The normalized spacial score (nSPS) is 10.8. The SMILES string of the molecule is Cc1cccn2cc(CNc3ncc([N+](=O)[O-])cc3Cl)nc12. The Bertz CT molecular complexity index is 862. The van der Waals surface area contributed by atoms with Gasteiger partial charge in [0.2, 0.25) is 0 Å². The monoisotopic (exact) mass is 317 g/mol. The van der Waals surface area contributed by atoms with E-state index in [1.807, 2.05) is 35.9 Å². The molecule has 0 aliphatic rings. The lowest BCUT2D eigenvalue weighted by Gasteiger charge is -2.04. The summed E-state index contributed by atoms with van der Waals surface area (Å²) in [5.74, 6) is 0.390. The molecule has 0 saturated heterocycles. The van der Waals surface area contributed by atoms with Gasteiger partial charge in [0.1, 0.15) is 17.7 Å². The van der Waals surface area contributed by atoms with Crippen LogP contribution in [0.25, 0.3) is 5.65 Å². The Morgan fingerprint density at radius 2 is 2.32 bits per heavy atom. The molecule has 112 valence electrons. The van der Waals surface area contributed by atoms with Crippen LogP contribution in [0.4, 0.5) is 11.5 Å². The van der Waals surface area contributed by atoms with E-state index in [2.05, 4.69) is 15.3 Å². The molecular formula is C14H12ClN5O2. The highest BCUT2D eigenvalue weighted by atomic mass is 35.5. The molecule has 22 heavy (non-hydrogen) atoms. The van der Waals surface area contributed by atoms with Crippen molar-refractivity contribution >= 4 is 28.8 Å². The Morgan fingerprint density at radius 1 is 1.50 bits per heavy atom.